The number of nitrogens with zero attached hydrogens (tertiary/aromatic N) is 1. The first kappa shape index (κ1) is 13.6. The molecule has 0 aliphatic heterocycles. The molecule has 3 rings (SSSR count). The molecule has 5 heteroatoms. The number of nitrogens with one attached hydrogen (secondary N) is 3. The van der Waals surface area contributed by atoms with E-state index >= 15 is 0 Å². The van der Waals surface area contributed by atoms with Gasteiger partial charge in [0.2, 0.25) is 0 Å². The van der Waals surface area contributed by atoms with Gasteiger partial charge in [-0.3, -0.25) is 4.79 Å². The fourth-order valence-corrected chi connectivity index (χ4v) is 2.36. The van der Waals surface area contributed by atoms with Gasteiger partial charge in [-0.05, 0) is 30.5 Å². The number of imidazole rings is 1. The van der Waals surface area contributed by atoms with Gasteiger partial charge in [0, 0.05) is 36.4 Å². The van der Waals surface area contributed by atoms with Crippen molar-refractivity contribution in [3.05, 3.63) is 64.5 Å². The van der Waals surface area contributed by atoms with Crippen molar-refractivity contribution in [1.29, 1.82) is 0 Å². The zero-order valence-electron chi connectivity index (χ0n) is 11.7. The summed E-state index contributed by atoms with van der Waals surface area (Å²) in [5.41, 5.74) is 1.63. The van der Waals surface area contributed by atoms with Crippen molar-refractivity contribution in [3.8, 4) is 0 Å². The van der Waals surface area contributed by atoms with E-state index in [0.717, 1.165) is 41.7 Å². The van der Waals surface area contributed by atoms with Crippen LogP contribution in [0.4, 0.5) is 0 Å². The molecule has 0 atom stereocenters. The minimum Gasteiger partial charge on any atom is -0.349 e. The minimum absolute atomic E-state index is 0.0211. The van der Waals surface area contributed by atoms with E-state index in [4.69, 9.17) is 0 Å². The Bertz CT molecular complexity index is 761. The number of pyridine rings is 1. The Kier molecular flexibility index (Phi) is 4.12. The van der Waals surface area contributed by atoms with Crippen molar-refractivity contribution in [2.75, 3.05) is 6.54 Å². The monoisotopic (exact) mass is 282 g/mol. The second-order valence-corrected chi connectivity index (χ2v) is 5.03. The van der Waals surface area contributed by atoms with Gasteiger partial charge < -0.3 is 15.3 Å². The summed E-state index contributed by atoms with van der Waals surface area (Å²) < 4.78 is 0. The maximum Gasteiger partial charge on any atom is 0.252 e. The van der Waals surface area contributed by atoms with Crippen LogP contribution in [0, 0.1) is 0 Å². The Morgan fingerprint density at radius 2 is 2.14 bits per heavy atom. The molecule has 0 spiro atoms. The third kappa shape index (κ3) is 3.38. The highest BCUT2D eigenvalue weighted by Crippen LogP contribution is 2.09. The molecule has 5 nitrogen and oxygen atoms in total. The molecule has 0 unspecified atom stereocenters. The molecule has 3 aromatic rings. The summed E-state index contributed by atoms with van der Waals surface area (Å²) in [7, 11) is 0. The van der Waals surface area contributed by atoms with Crippen molar-refractivity contribution >= 4 is 10.9 Å². The molecule has 1 aromatic carbocycles. The lowest BCUT2D eigenvalue weighted by molar-refractivity contribution is 0.638. The van der Waals surface area contributed by atoms with Crippen LogP contribution in [0.15, 0.2) is 47.5 Å². The summed E-state index contributed by atoms with van der Waals surface area (Å²) in [4.78, 5) is 22.1. The predicted molar refractivity (Wildman–Crippen MR) is 83.2 cm³/mol. The Morgan fingerprint density at radius 3 is 3.00 bits per heavy atom. The van der Waals surface area contributed by atoms with E-state index in [-0.39, 0.29) is 5.56 Å². The molecule has 2 aromatic heterocycles. The third-order valence-corrected chi connectivity index (χ3v) is 3.47. The van der Waals surface area contributed by atoms with Gasteiger partial charge in [0.15, 0.2) is 0 Å². The number of aromatic nitrogens is 3. The molecule has 3 N–H and O–H groups in total. The van der Waals surface area contributed by atoms with Crippen LogP contribution in [0.1, 0.15) is 17.8 Å². The van der Waals surface area contributed by atoms with E-state index in [9.17, 15) is 4.79 Å². The number of rotatable bonds is 6. The Morgan fingerprint density at radius 1 is 1.24 bits per heavy atom. The number of para-hydroxylation sites is 1. The Balaban J connectivity index is 1.55. The topological polar surface area (TPSA) is 73.6 Å². The van der Waals surface area contributed by atoms with Crippen molar-refractivity contribution in [3.63, 3.8) is 0 Å². The van der Waals surface area contributed by atoms with E-state index in [2.05, 4.69) is 20.3 Å². The maximum absolute atomic E-state index is 12.0. The normalized spacial score (nSPS) is 11.0. The molecule has 0 bridgehead atoms. The number of aryl methyl sites for hydroxylation is 1. The predicted octanol–water partition coefficient (Wildman–Crippen LogP) is 1.97. The quantitative estimate of drug-likeness (QED) is 0.605. The van der Waals surface area contributed by atoms with Crippen LogP contribution >= 0.6 is 0 Å². The SMILES string of the molecule is O=c1[nH]c2ccccc2cc1CNCCCc1ncc[nH]1. The lowest BCUT2D eigenvalue weighted by atomic mass is 10.1. The number of hydrogen-bond donors (Lipinski definition) is 3. The molecule has 108 valence electrons. The van der Waals surface area contributed by atoms with Crippen molar-refractivity contribution in [1.82, 2.24) is 20.3 Å². The second kappa shape index (κ2) is 6.37. The first-order chi connectivity index (χ1) is 10.3. The van der Waals surface area contributed by atoms with Crippen LogP contribution in [-0.2, 0) is 13.0 Å². The smallest absolute Gasteiger partial charge is 0.252 e. The van der Waals surface area contributed by atoms with Gasteiger partial charge in [-0.25, -0.2) is 4.98 Å². The fraction of sp³-hybridized carbons (Fsp3) is 0.250. The van der Waals surface area contributed by atoms with Gasteiger partial charge in [0.1, 0.15) is 5.82 Å². The summed E-state index contributed by atoms with van der Waals surface area (Å²) in [6, 6.07) is 9.77. The molecule has 0 saturated carbocycles. The second-order valence-electron chi connectivity index (χ2n) is 5.03. The molecule has 0 aliphatic rings. The third-order valence-electron chi connectivity index (χ3n) is 3.47. The highest BCUT2D eigenvalue weighted by molar-refractivity contribution is 5.78. The molecular weight excluding hydrogens is 264 g/mol. The van der Waals surface area contributed by atoms with Crippen LogP contribution in [0.25, 0.3) is 10.9 Å². The van der Waals surface area contributed by atoms with E-state index in [1.807, 2.05) is 36.5 Å². The minimum atomic E-state index is -0.0211. The maximum atomic E-state index is 12.0. The van der Waals surface area contributed by atoms with Crippen LogP contribution in [-0.4, -0.2) is 21.5 Å². The van der Waals surface area contributed by atoms with E-state index < -0.39 is 0 Å². The standard InChI is InChI=1S/C16H18N4O/c21-16-13(10-12-4-1-2-5-14(12)20-16)11-17-7-3-6-15-18-8-9-19-15/h1-2,4-5,8-10,17H,3,6-7,11H2,(H,18,19)(H,20,21). The average Bonchev–Trinajstić information content (AvgIpc) is 3.00. The van der Waals surface area contributed by atoms with Gasteiger partial charge in [-0.2, -0.15) is 0 Å². The first-order valence-electron chi connectivity index (χ1n) is 7.13. The van der Waals surface area contributed by atoms with Crippen LogP contribution in [0.2, 0.25) is 0 Å². The molecule has 21 heavy (non-hydrogen) atoms. The highest BCUT2D eigenvalue weighted by atomic mass is 16.1. The number of benzene rings is 1. The van der Waals surface area contributed by atoms with Crippen LogP contribution in [0.3, 0.4) is 0 Å². The average molecular weight is 282 g/mol. The summed E-state index contributed by atoms with van der Waals surface area (Å²) in [6.45, 7) is 1.44. The lowest BCUT2D eigenvalue weighted by Crippen LogP contribution is -2.22. The van der Waals surface area contributed by atoms with Gasteiger partial charge in [-0.1, -0.05) is 18.2 Å². The van der Waals surface area contributed by atoms with Gasteiger partial charge in [0.25, 0.3) is 5.56 Å². The zero-order valence-corrected chi connectivity index (χ0v) is 11.7. The van der Waals surface area contributed by atoms with E-state index in [0.29, 0.717) is 6.54 Å². The first-order valence-corrected chi connectivity index (χ1v) is 7.13. The highest BCUT2D eigenvalue weighted by Gasteiger charge is 2.02. The van der Waals surface area contributed by atoms with Gasteiger partial charge >= 0.3 is 0 Å². The molecule has 0 aliphatic carbocycles. The van der Waals surface area contributed by atoms with Crippen molar-refractivity contribution < 1.29 is 0 Å². The molecule has 2 heterocycles. The summed E-state index contributed by atoms with van der Waals surface area (Å²) in [5.74, 6) is 1.00. The molecule has 0 amide bonds. The van der Waals surface area contributed by atoms with Crippen LogP contribution < -0.4 is 10.9 Å². The van der Waals surface area contributed by atoms with E-state index in [1.54, 1.807) is 6.20 Å². The van der Waals surface area contributed by atoms with Crippen molar-refractivity contribution in [2.24, 2.45) is 0 Å². The number of fused-ring (bicyclic) bond motifs is 1. The molecule has 0 radical (unpaired) electrons. The largest absolute Gasteiger partial charge is 0.349 e. The Labute approximate surface area is 122 Å². The lowest BCUT2D eigenvalue weighted by Gasteiger charge is -2.05. The molecular formula is C16H18N4O. The number of aromatic amines is 2. The summed E-state index contributed by atoms with van der Waals surface area (Å²) in [6.07, 6.45) is 5.49. The zero-order chi connectivity index (χ0) is 14.5. The summed E-state index contributed by atoms with van der Waals surface area (Å²) >= 11 is 0. The number of H-pyrrole nitrogens is 2. The molecule has 0 saturated heterocycles. The number of hydrogen-bond acceptors (Lipinski definition) is 3. The van der Waals surface area contributed by atoms with Gasteiger partial charge in [0.05, 0.1) is 0 Å². The van der Waals surface area contributed by atoms with Crippen molar-refractivity contribution in [2.45, 2.75) is 19.4 Å². The fourth-order valence-electron chi connectivity index (χ4n) is 2.36. The van der Waals surface area contributed by atoms with Gasteiger partial charge in [-0.15, -0.1) is 0 Å². The van der Waals surface area contributed by atoms with Crippen LogP contribution in [0.5, 0.6) is 0 Å². The molecule has 0 fully saturated rings. The summed E-state index contributed by atoms with van der Waals surface area (Å²) in [5, 5.41) is 4.37. The van der Waals surface area contributed by atoms with E-state index in [1.165, 1.54) is 0 Å². The Hall–Kier alpha value is -2.40.